The summed E-state index contributed by atoms with van der Waals surface area (Å²) in [7, 11) is -2.83. The molecule has 102 valence electrons. The second-order valence-corrected chi connectivity index (χ2v) is 7.33. The van der Waals surface area contributed by atoms with E-state index >= 15 is 0 Å². The van der Waals surface area contributed by atoms with Crippen molar-refractivity contribution in [1.29, 1.82) is 0 Å². The molecule has 0 aliphatic carbocycles. The van der Waals surface area contributed by atoms with E-state index in [2.05, 4.69) is 10.2 Å². The SMILES string of the molecule is O=S1(=O)CCC(Cc2nnc3ccc(O)cn23)CC1. The van der Waals surface area contributed by atoms with Crippen molar-refractivity contribution in [2.24, 2.45) is 5.92 Å². The Morgan fingerprint density at radius 1 is 1.26 bits per heavy atom. The van der Waals surface area contributed by atoms with Gasteiger partial charge in [0.2, 0.25) is 0 Å². The molecule has 3 rings (SSSR count). The Balaban J connectivity index is 1.80. The molecule has 0 spiro atoms. The first kappa shape index (κ1) is 12.4. The molecule has 0 unspecified atom stereocenters. The molecule has 0 radical (unpaired) electrons. The number of aromatic nitrogens is 3. The molecule has 1 aliphatic rings. The van der Waals surface area contributed by atoms with Crippen LogP contribution < -0.4 is 0 Å². The van der Waals surface area contributed by atoms with Crippen LogP contribution in [0.4, 0.5) is 0 Å². The fourth-order valence-corrected chi connectivity index (χ4v) is 4.06. The highest BCUT2D eigenvalue weighted by molar-refractivity contribution is 7.91. The lowest BCUT2D eigenvalue weighted by Gasteiger charge is -2.20. The van der Waals surface area contributed by atoms with Gasteiger partial charge in [-0.25, -0.2) is 8.42 Å². The van der Waals surface area contributed by atoms with E-state index in [1.807, 2.05) is 0 Å². The zero-order valence-corrected chi connectivity index (χ0v) is 11.2. The van der Waals surface area contributed by atoms with Crippen LogP contribution >= 0.6 is 0 Å². The Kier molecular flexibility index (Phi) is 2.93. The average molecular weight is 281 g/mol. The van der Waals surface area contributed by atoms with Crippen LogP contribution in [0.15, 0.2) is 18.3 Å². The Morgan fingerprint density at radius 2 is 2.00 bits per heavy atom. The third-order valence-electron chi connectivity index (χ3n) is 3.60. The van der Waals surface area contributed by atoms with E-state index in [9.17, 15) is 13.5 Å². The van der Waals surface area contributed by atoms with Gasteiger partial charge in [0, 0.05) is 6.42 Å². The molecule has 1 aliphatic heterocycles. The summed E-state index contributed by atoms with van der Waals surface area (Å²) < 4.78 is 24.5. The van der Waals surface area contributed by atoms with Crippen LogP contribution in [-0.2, 0) is 16.3 Å². The summed E-state index contributed by atoms with van der Waals surface area (Å²) >= 11 is 0. The van der Waals surface area contributed by atoms with Gasteiger partial charge in [0.1, 0.15) is 21.4 Å². The molecule has 1 N–H and O–H groups in total. The average Bonchev–Trinajstić information content (AvgIpc) is 2.75. The molecule has 2 aromatic rings. The summed E-state index contributed by atoms with van der Waals surface area (Å²) in [6.07, 6.45) is 3.64. The van der Waals surface area contributed by atoms with Crippen molar-refractivity contribution < 1.29 is 13.5 Å². The van der Waals surface area contributed by atoms with Gasteiger partial charge >= 0.3 is 0 Å². The minimum Gasteiger partial charge on any atom is -0.506 e. The Labute approximate surface area is 111 Å². The van der Waals surface area contributed by atoms with E-state index in [-0.39, 0.29) is 17.3 Å². The predicted octanol–water partition coefficient (Wildman–Crippen LogP) is 0.802. The molecule has 0 atom stereocenters. The summed E-state index contributed by atoms with van der Waals surface area (Å²) in [4.78, 5) is 0. The lowest BCUT2D eigenvalue weighted by atomic mass is 9.98. The standard InChI is InChI=1S/C12H15N3O3S/c16-10-1-2-11-13-14-12(15(11)8-10)7-9-3-5-19(17,18)6-4-9/h1-2,8-9,16H,3-7H2. The fraction of sp³-hybridized carbons (Fsp3) is 0.500. The molecule has 1 saturated heterocycles. The number of rotatable bonds is 2. The van der Waals surface area contributed by atoms with Crippen molar-refractivity contribution in [2.45, 2.75) is 19.3 Å². The predicted molar refractivity (Wildman–Crippen MR) is 69.7 cm³/mol. The lowest BCUT2D eigenvalue weighted by Crippen LogP contribution is -2.25. The largest absolute Gasteiger partial charge is 0.506 e. The number of pyridine rings is 1. The van der Waals surface area contributed by atoms with E-state index in [0.29, 0.717) is 30.8 Å². The highest BCUT2D eigenvalue weighted by Crippen LogP contribution is 2.23. The van der Waals surface area contributed by atoms with Gasteiger partial charge in [0.05, 0.1) is 17.7 Å². The van der Waals surface area contributed by atoms with Crippen molar-refractivity contribution in [1.82, 2.24) is 14.6 Å². The topological polar surface area (TPSA) is 84.6 Å². The second-order valence-electron chi connectivity index (χ2n) is 5.03. The molecular weight excluding hydrogens is 266 g/mol. The first-order chi connectivity index (χ1) is 9.03. The van der Waals surface area contributed by atoms with Gasteiger partial charge in [0.25, 0.3) is 0 Å². The van der Waals surface area contributed by atoms with Crippen LogP contribution in [0.2, 0.25) is 0 Å². The molecule has 0 aromatic carbocycles. The summed E-state index contributed by atoms with van der Waals surface area (Å²) in [5.41, 5.74) is 0.691. The Morgan fingerprint density at radius 3 is 2.74 bits per heavy atom. The van der Waals surface area contributed by atoms with E-state index < -0.39 is 9.84 Å². The maximum absolute atomic E-state index is 11.4. The molecular formula is C12H15N3O3S. The maximum Gasteiger partial charge on any atom is 0.161 e. The number of aromatic hydroxyl groups is 1. The van der Waals surface area contributed by atoms with Crippen molar-refractivity contribution in [3.8, 4) is 5.75 Å². The van der Waals surface area contributed by atoms with E-state index in [0.717, 1.165) is 5.82 Å². The molecule has 0 bridgehead atoms. The van der Waals surface area contributed by atoms with Gasteiger partial charge in [-0.3, -0.25) is 4.40 Å². The zero-order chi connectivity index (χ0) is 13.5. The van der Waals surface area contributed by atoms with Crippen molar-refractivity contribution in [2.75, 3.05) is 11.5 Å². The van der Waals surface area contributed by atoms with Crippen LogP contribution in [0.5, 0.6) is 5.75 Å². The molecule has 0 amide bonds. The van der Waals surface area contributed by atoms with E-state index in [1.165, 1.54) is 0 Å². The fourth-order valence-electron chi connectivity index (χ4n) is 2.47. The minimum atomic E-state index is -2.83. The molecule has 6 nitrogen and oxygen atoms in total. The Hall–Kier alpha value is -1.63. The van der Waals surface area contributed by atoms with Crippen molar-refractivity contribution in [3.05, 3.63) is 24.2 Å². The van der Waals surface area contributed by atoms with E-state index in [1.54, 1.807) is 22.7 Å². The van der Waals surface area contributed by atoms with Gasteiger partial charge in [-0.15, -0.1) is 10.2 Å². The molecule has 0 saturated carbocycles. The number of hydrogen-bond donors (Lipinski definition) is 1. The summed E-state index contributed by atoms with van der Waals surface area (Å²) in [5, 5.41) is 17.6. The molecule has 1 fully saturated rings. The van der Waals surface area contributed by atoms with Crippen LogP contribution in [0.1, 0.15) is 18.7 Å². The number of fused-ring (bicyclic) bond motifs is 1. The summed E-state index contributed by atoms with van der Waals surface area (Å²) in [6.45, 7) is 0. The van der Waals surface area contributed by atoms with Crippen molar-refractivity contribution in [3.63, 3.8) is 0 Å². The quantitative estimate of drug-likeness (QED) is 0.880. The zero-order valence-electron chi connectivity index (χ0n) is 10.4. The van der Waals surface area contributed by atoms with Crippen LogP contribution in [0.25, 0.3) is 5.65 Å². The lowest BCUT2D eigenvalue weighted by molar-refractivity contribution is 0.450. The van der Waals surface area contributed by atoms with Gasteiger partial charge in [-0.05, 0) is 30.9 Å². The first-order valence-electron chi connectivity index (χ1n) is 6.26. The first-order valence-corrected chi connectivity index (χ1v) is 8.09. The monoisotopic (exact) mass is 281 g/mol. The normalized spacial score (nSPS) is 19.8. The van der Waals surface area contributed by atoms with Crippen LogP contribution in [-0.4, -0.2) is 39.6 Å². The van der Waals surface area contributed by atoms with E-state index in [4.69, 9.17) is 0 Å². The molecule has 19 heavy (non-hydrogen) atoms. The maximum atomic E-state index is 11.4. The summed E-state index contributed by atoms with van der Waals surface area (Å²) in [5.74, 6) is 1.78. The molecule has 3 heterocycles. The van der Waals surface area contributed by atoms with Gasteiger partial charge < -0.3 is 5.11 Å². The minimum absolute atomic E-state index is 0.166. The van der Waals surface area contributed by atoms with Gasteiger partial charge in [0.15, 0.2) is 5.65 Å². The highest BCUT2D eigenvalue weighted by atomic mass is 32.2. The smallest absolute Gasteiger partial charge is 0.161 e. The third kappa shape index (κ3) is 2.56. The van der Waals surface area contributed by atoms with Gasteiger partial charge in [-0.1, -0.05) is 0 Å². The molecule has 7 heteroatoms. The summed E-state index contributed by atoms with van der Waals surface area (Å²) in [6, 6.07) is 3.28. The Bertz CT molecular complexity index is 694. The van der Waals surface area contributed by atoms with Crippen LogP contribution in [0, 0.1) is 5.92 Å². The number of nitrogens with zero attached hydrogens (tertiary/aromatic N) is 3. The van der Waals surface area contributed by atoms with Crippen LogP contribution in [0.3, 0.4) is 0 Å². The number of sulfone groups is 1. The second kappa shape index (κ2) is 4.48. The number of hydrogen-bond acceptors (Lipinski definition) is 5. The highest BCUT2D eigenvalue weighted by Gasteiger charge is 2.25. The van der Waals surface area contributed by atoms with Crippen molar-refractivity contribution >= 4 is 15.5 Å². The van der Waals surface area contributed by atoms with Gasteiger partial charge in [-0.2, -0.15) is 0 Å². The molecule has 2 aromatic heterocycles. The third-order valence-corrected chi connectivity index (χ3v) is 5.32.